The molecule has 2 saturated heterocycles. The first-order valence-corrected chi connectivity index (χ1v) is 8.20. The standard InChI is InChI=1S/C12H25N3O2S/c1-5-11-10-7-13-6-9(10)8-15(11)18(16,17)14-12(2,3)4/h9-11,13-14H,5-8H2,1-4H3. The van der Waals surface area contributed by atoms with Gasteiger partial charge in [0, 0.05) is 18.1 Å². The summed E-state index contributed by atoms with van der Waals surface area (Å²) in [6.45, 7) is 10.3. The lowest BCUT2D eigenvalue weighted by molar-refractivity contribution is 0.318. The molecule has 3 atom stereocenters. The van der Waals surface area contributed by atoms with Gasteiger partial charge in [-0.1, -0.05) is 6.92 Å². The molecule has 0 aliphatic carbocycles. The zero-order valence-corrected chi connectivity index (χ0v) is 12.5. The van der Waals surface area contributed by atoms with Crippen molar-refractivity contribution in [3.63, 3.8) is 0 Å². The van der Waals surface area contributed by atoms with Crippen LogP contribution < -0.4 is 10.0 Å². The van der Waals surface area contributed by atoms with Gasteiger partial charge in [-0.05, 0) is 52.1 Å². The van der Waals surface area contributed by atoms with Crippen LogP contribution in [0.5, 0.6) is 0 Å². The van der Waals surface area contributed by atoms with Crippen LogP contribution in [-0.4, -0.2) is 43.9 Å². The molecule has 0 saturated carbocycles. The Morgan fingerprint density at radius 1 is 1.33 bits per heavy atom. The molecule has 2 aliphatic heterocycles. The Bertz CT molecular complexity index is 402. The van der Waals surface area contributed by atoms with Gasteiger partial charge in [0.2, 0.25) is 0 Å². The average Bonchev–Trinajstić information content (AvgIpc) is 2.71. The van der Waals surface area contributed by atoms with E-state index in [4.69, 9.17) is 0 Å². The van der Waals surface area contributed by atoms with Crippen molar-refractivity contribution in [2.24, 2.45) is 11.8 Å². The summed E-state index contributed by atoms with van der Waals surface area (Å²) in [5, 5.41) is 3.37. The predicted octanol–water partition coefficient (Wildman–Crippen LogP) is 0.549. The zero-order valence-electron chi connectivity index (χ0n) is 11.7. The summed E-state index contributed by atoms with van der Waals surface area (Å²) in [4.78, 5) is 0. The number of hydrogen-bond donors (Lipinski definition) is 2. The van der Waals surface area contributed by atoms with Crippen LogP contribution in [0.3, 0.4) is 0 Å². The second-order valence-corrected chi connectivity index (χ2v) is 8.11. The van der Waals surface area contributed by atoms with Crippen LogP contribution in [0.1, 0.15) is 34.1 Å². The Labute approximate surface area is 110 Å². The lowest BCUT2D eigenvalue weighted by Gasteiger charge is -2.30. The quantitative estimate of drug-likeness (QED) is 0.791. The number of nitrogens with one attached hydrogen (secondary N) is 2. The fourth-order valence-electron chi connectivity index (χ4n) is 3.21. The highest BCUT2D eigenvalue weighted by Crippen LogP contribution is 2.35. The van der Waals surface area contributed by atoms with E-state index >= 15 is 0 Å². The van der Waals surface area contributed by atoms with E-state index in [1.165, 1.54) is 0 Å². The van der Waals surface area contributed by atoms with Crippen molar-refractivity contribution in [3.05, 3.63) is 0 Å². The smallest absolute Gasteiger partial charge is 0.280 e. The number of nitrogens with zero attached hydrogens (tertiary/aromatic N) is 1. The van der Waals surface area contributed by atoms with Crippen LogP contribution in [0.2, 0.25) is 0 Å². The van der Waals surface area contributed by atoms with E-state index in [-0.39, 0.29) is 6.04 Å². The van der Waals surface area contributed by atoms with E-state index in [2.05, 4.69) is 17.0 Å². The van der Waals surface area contributed by atoms with Gasteiger partial charge in [-0.15, -0.1) is 0 Å². The van der Waals surface area contributed by atoms with E-state index in [0.717, 1.165) is 19.5 Å². The maximum atomic E-state index is 12.4. The summed E-state index contributed by atoms with van der Waals surface area (Å²) in [5.74, 6) is 0.957. The topological polar surface area (TPSA) is 61.4 Å². The van der Waals surface area contributed by atoms with Crippen LogP contribution in [0.15, 0.2) is 0 Å². The summed E-state index contributed by atoms with van der Waals surface area (Å²) < 4.78 is 29.3. The molecule has 0 radical (unpaired) electrons. The molecule has 2 heterocycles. The molecule has 0 amide bonds. The van der Waals surface area contributed by atoms with Crippen molar-refractivity contribution in [2.45, 2.75) is 45.7 Å². The Morgan fingerprint density at radius 2 is 2.00 bits per heavy atom. The fraction of sp³-hybridized carbons (Fsp3) is 1.00. The fourth-order valence-corrected chi connectivity index (χ4v) is 5.15. The molecule has 2 aliphatic rings. The van der Waals surface area contributed by atoms with Gasteiger partial charge in [-0.25, -0.2) is 0 Å². The molecule has 3 unspecified atom stereocenters. The Balaban J connectivity index is 2.18. The Hall–Kier alpha value is -0.170. The summed E-state index contributed by atoms with van der Waals surface area (Å²) in [6.07, 6.45) is 0.883. The number of hydrogen-bond acceptors (Lipinski definition) is 3. The van der Waals surface area contributed by atoms with Crippen molar-refractivity contribution >= 4 is 10.2 Å². The molecule has 6 heteroatoms. The lowest BCUT2D eigenvalue weighted by atomic mass is 9.93. The normalized spacial score (nSPS) is 33.9. The third-order valence-corrected chi connectivity index (χ3v) is 5.74. The van der Waals surface area contributed by atoms with Gasteiger partial charge in [0.1, 0.15) is 0 Å². The summed E-state index contributed by atoms with van der Waals surface area (Å²) in [7, 11) is -3.37. The monoisotopic (exact) mass is 275 g/mol. The van der Waals surface area contributed by atoms with Crippen LogP contribution in [0, 0.1) is 11.8 Å². The number of rotatable bonds is 3. The minimum Gasteiger partial charge on any atom is -0.316 e. The molecule has 106 valence electrons. The van der Waals surface area contributed by atoms with E-state index in [1.807, 2.05) is 20.8 Å². The largest absolute Gasteiger partial charge is 0.316 e. The molecule has 0 aromatic heterocycles. The van der Waals surface area contributed by atoms with Crippen molar-refractivity contribution in [1.82, 2.24) is 14.3 Å². The molecule has 2 N–H and O–H groups in total. The maximum Gasteiger partial charge on any atom is 0.280 e. The van der Waals surface area contributed by atoms with Gasteiger partial charge in [0.25, 0.3) is 10.2 Å². The second kappa shape index (κ2) is 4.74. The maximum absolute atomic E-state index is 12.4. The highest BCUT2D eigenvalue weighted by Gasteiger charge is 2.48. The van der Waals surface area contributed by atoms with Gasteiger partial charge in [-0.3, -0.25) is 0 Å². The molecule has 0 spiro atoms. The Kier molecular flexibility index (Phi) is 3.75. The van der Waals surface area contributed by atoms with Gasteiger partial charge >= 0.3 is 0 Å². The number of fused-ring (bicyclic) bond motifs is 1. The molecule has 2 fully saturated rings. The van der Waals surface area contributed by atoms with Crippen molar-refractivity contribution < 1.29 is 8.42 Å². The molecule has 5 nitrogen and oxygen atoms in total. The highest BCUT2D eigenvalue weighted by atomic mass is 32.2. The van der Waals surface area contributed by atoms with E-state index in [1.54, 1.807) is 4.31 Å². The second-order valence-electron chi connectivity index (χ2n) is 6.48. The summed E-state index contributed by atoms with van der Waals surface area (Å²) >= 11 is 0. The van der Waals surface area contributed by atoms with Crippen molar-refractivity contribution in [2.75, 3.05) is 19.6 Å². The van der Waals surface area contributed by atoms with Crippen LogP contribution in [0.25, 0.3) is 0 Å². The predicted molar refractivity (Wildman–Crippen MR) is 72.4 cm³/mol. The minimum atomic E-state index is -3.37. The molecule has 2 rings (SSSR count). The third kappa shape index (κ3) is 2.71. The Morgan fingerprint density at radius 3 is 2.56 bits per heavy atom. The van der Waals surface area contributed by atoms with E-state index in [9.17, 15) is 8.42 Å². The SMILES string of the molecule is CCC1C2CNCC2CN1S(=O)(=O)NC(C)(C)C. The first-order chi connectivity index (χ1) is 8.24. The molecule has 0 aromatic rings. The molecule has 0 bridgehead atoms. The van der Waals surface area contributed by atoms with Crippen LogP contribution in [0.4, 0.5) is 0 Å². The van der Waals surface area contributed by atoms with Gasteiger partial charge in [-0.2, -0.15) is 17.4 Å². The van der Waals surface area contributed by atoms with Crippen molar-refractivity contribution in [1.29, 1.82) is 0 Å². The molecule has 0 aromatic carbocycles. The van der Waals surface area contributed by atoms with Crippen molar-refractivity contribution in [3.8, 4) is 0 Å². The van der Waals surface area contributed by atoms with Gasteiger partial charge in [0.05, 0.1) is 0 Å². The van der Waals surface area contributed by atoms with Crippen LogP contribution >= 0.6 is 0 Å². The van der Waals surface area contributed by atoms with E-state index in [0.29, 0.717) is 18.4 Å². The first kappa shape index (κ1) is 14.2. The van der Waals surface area contributed by atoms with Crippen LogP contribution in [-0.2, 0) is 10.2 Å². The average molecular weight is 275 g/mol. The first-order valence-electron chi connectivity index (χ1n) is 6.76. The molecular formula is C12H25N3O2S. The lowest BCUT2D eigenvalue weighted by Crippen LogP contribution is -2.51. The van der Waals surface area contributed by atoms with Gasteiger partial charge < -0.3 is 5.32 Å². The highest BCUT2D eigenvalue weighted by molar-refractivity contribution is 7.87. The third-order valence-electron chi connectivity index (χ3n) is 3.83. The minimum absolute atomic E-state index is 0.143. The van der Waals surface area contributed by atoms with Gasteiger partial charge in [0.15, 0.2) is 0 Å². The molecule has 18 heavy (non-hydrogen) atoms. The summed E-state index contributed by atoms with van der Waals surface area (Å²) in [5.41, 5.74) is -0.424. The summed E-state index contributed by atoms with van der Waals surface area (Å²) in [6, 6.07) is 0.143. The molecular weight excluding hydrogens is 250 g/mol. The zero-order chi connectivity index (χ0) is 13.6. The van der Waals surface area contributed by atoms with E-state index < -0.39 is 15.7 Å².